The molecule has 4 nitrogen and oxygen atoms in total. The lowest BCUT2D eigenvalue weighted by molar-refractivity contribution is 0.0119. The molecule has 1 aliphatic heterocycles. The first-order valence-electron chi connectivity index (χ1n) is 5.92. The van der Waals surface area contributed by atoms with Gasteiger partial charge in [-0.25, -0.2) is 8.78 Å². The van der Waals surface area contributed by atoms with Crippen LogP contribution in [0.1, 0.15) is 43.4 Å². The van der Waals surface area contributed by atoms with Gasteiger partial charge in [0.15, 0.2) is 0 Å². The minimum Gasteiger partial charge on any atom is -0.331 e. The highest BCUT2D eigenvalue weighted by Gasteiger charge is 2.41. The zero-order valence-electron chi connectivity index (χ0n) is 10.8. The Morgan fingerprint density at radius 2 is 2.17 bits per heavy atom. The molecule has 1 saturated heterocycles. The van der Waals surface area contributed by atoms with Gasteiger partial charge in [0.1, 0.15) is 5.69 Å². The number of aromatic amines is 1. The Hall–Kier alpha value is -1.46. The topological polar surface area (TPSA) is 49.0 Å². The van der Waals surface area contributed by atoms with E-state index in [0.29, 0.717) is 0 Å². The lowest BCUT2D eigenvalue weighted by atomic mass is 9.92. The van der Waals surface area contributed by atoms with Gasteiger partial charge in [0.2, 0.25) is 0 Å². The van der Waals surface area contributed by atoms with E-state index in [-0.39, 0.29) is 24.1 Å². The van der Waals surface area contributed by atoms with Crippen molar-refractivity contribution in [2.75, 3.05) is 13.1 Å². The van der Waals surface area contributed by atoms with Crippen LogP contribution in [0.3, 0.4) is 0 Å². The summed E-state index contributed by atoms with van der Waals surface area (Å²) in [5.74, 6) is -3.20. The van der Waals surface area contributed by atoms with Crippen LogP contribution < -0.4 is 0 Å². The molecular weight excluding hydrogens is 240 g/mol. The molecule has 2 rings (SSSR count). The summed E-state index contributed by atoms with van der Waals surface area (Å²) in [5.41, 5.74) is 0.870. The molecule has 0 atom stereocenters. The molecule has 1 N–H and O–H groups in total. The Balaban J connectivity index is 2.13. The van der Waals surface area contributed by atoms with Gasteiger partial charge in [-0.1, -0.05) is 20.8 Å². The van der Waals surface area contributed by atoms with Gasteiger partial charge in [-0.05, 0) is 6.07 Å². The lowest BCUT2D eigenvalue weighted by Crippen LogP contribution is -2.31. The largest absolute Gasteiger partial charge is 0.331 e. The predicted molar refractivity (Wildman–Crippen MR) is 62.8 cm³/mol. The fourth-order valence-corrected chi connectivity index (χ4v) is 1.89. The van der Waals surface area contributed by atoms with Crippen LogP contribution in [0, 0.1) is 0 Å². The third-order valence-electron chi connectivity index (χ3n) is 3.06. The summed E-state index contributed by atoms with van der Waals surface area (Å²) in [5, 5.41) is 6.70. The number of hydrogen-bond donors (Lipinski definition) is 1. The maximum absolute atomic E-state index is 13.0. The molecule has 0 aromatic carbocycles. The SMILES string of the molecule is CC(C)(C)c1cc(C(=O)N2CCC(F)(F)C2)n[nH]1. The number of amides is 1. The standard InChI is InChI=1S/C12H17F2N3O/c1-11(2,3)9-6-8(15-16-9)10(18)17-5-4-12(13,14)7-17/h6H,4-5,7H2,1-3H3,(H,15,16). The third kappa shape index (κ3) is 2.52. The molecule has 1 amide bonds. The second-order valence-electron chi connectivity index (χ2n) is 5.75. The van der Waals surface area contributed by atoms with Crippen LogP contribution in [0.15, 0.2) is 6.07 Å². The van der Waals surface area contributed by atoms with Crippen molar-refractivity contribution in [2.45, 2.75) is 38.5 Å². The van der Waals surface area contributed by atoms with E-state index >= 15 is 0 Å². The van der Waals surface area contributed by atoms with E-state index in [9.17, 15) is 13.6 Å². The Bertz CT molecular complexity index is 462. The monoisotopic (exact) mass is 257 g/mol. The van der Waals surface area contributed by atoms with Crippen LogP contribution in [0.4, 0.5) is 8.78 Å². The van der Waals surface area contributed by atoms with Gasteiger partial charge in [-0.2, -0.15) is 5.10 Å². The van der Waals surface area contributed by atoms with Crippen molar-refractivity contribution in [1.29, 1.82) is 0 Å². The van der Waals surface area contributed by atoms with E-state index in [1.807, 2.05) is 20.8 Å². The molecule has 6 heteroatoms. The molecule has 18 heavy (non-hydrogen) atoms. The van der Waals surface area contributed by atoms with Crippen molar-refractivity contribution >= 4 is 5.91 Å². The number of nitrogens with one attached hydrogen (secondary N) is 1. The number of aromatic nitrogens is 2. The average Bonchev–Trinajstić information content (AvgIpc) is 2.82. The van der Waals surface area contributed by atoms with Crippen molar-refractivity contribution in [3.8, 4) is 0 Å². The fraction of sp³-hybridized carbons (Fsp3) is 0.667. The Kier molecular flexibility index (Phi) is 2.91. The van der Waals surface area contributed by atoms with E-state index in [1.54, 1.807) is 6.07 Å². The fourth-order valence-electron chi connectivity index (χ4n) is 1.89. The van der Waals surface area contributed by atoms with E-state index in [2.05, 4.69) is 10.2 Å². The first-order valence-corrected chi connectivity index (χ1v) is 5.92. The molecule has 0 bridgehead atoms. The molecular formula is C12H17F2N3O. The Morgan fingerprint density at radius 1 is 1.50 bits per heavy atom. The summed E-state index contributed by atoms with van der Waals surface area (Å²) in [6.07, 6.45) is -0.269. The number of halogens is 2. The third-order valence-corrected chi connectivity index (χ3v) is 3.06. The van der Waals surface area contributed by atoms with Gasteiger partial charge in [-0.15, -0.1) is 0 Å². The minimum atomic E-state index is -2.77. The molecule has 0 unspecified atom stereocenters. The van der Waals surface area contributed by atoms with Crippen LogP contribution in [-0.2, 0) is 5.41 Å². The van der Waals surface area contributed by atoms with Crippen LogP contribution in [-0.4, -0.2) is 40.0 Å². The molecule has 0 aliphatic carbocycles. The van der Waals surface area contributed by atoms with E-state index in [0.717, 1.165) is 10.6 Å². The number of likely N-dealkylation sites (tertiary alicyclic amines) is 1. The maximum atomic E-state index is 13.0. The number of hydrogen-bond acceptors (Lipinski definition) is 2. The van der Waals surface area contributed by atoms with Crippen LogP contribution in [0.25, 0.3) is 0 Å². The van der Waals surface area contributed by atoms with Crippen molar-refractivity contribution in [1.82, 2.24) is 15.1 Å². The van der Waals surface area contributed by atoms with Crippen LogP contribution in [0.5, 0.6) is 0 Å². The summed E-state index contributed by atoms with van der Waals surface area (Å²) in [7, 11) is 0. The van der Waals surface area contributed by atoms with Gasteiger partial charge < -0.3 is 4.90 Å². The summed E-state index contributed by atoms with van der Waals surface area (Å²) in [6, 6.07) is 1.64. The van der Waals surface area contributed by atoms with Crippen molar-refractivity contribution in [3.63, 3.8) is 0 Å². The van der Waals surface area contributed by atoms with Crippen molar-refractivity contribution < 1.29 is 13.6 Å². The molecule has 0 spiro atoms. The normalized spacial score (nSPS) is 19.3. The van der Waals surface area contributed by atoms with Gasteiger partial charge in [0.25, 0.3) is 11.8 Å². The molecule has 0 saturated carbocycles. The molecule has 100 valence electrons. The number of rotatable bonds is 1. The van der Waals surface area contributed by atoms with E-state index < -0.39 is 18.4 Å². The number of nitrogens with zero attached hydrogens (tertiary/aromatic N) is 2. The van der Waals surface area contributed by atoms with Crippen molar-refractivity contribution in [2.24, 2.45) is 0 Å². The van der Waals surface area contributed by atoms with Crippen molar-refractivity contribution in [3.05, 3.63) is 17.5 Å². The average molecular weight is 257 g/mol. The number of carbonyl (C=O) groups is 1. The molecule has 1 aromatic heterocycles. The molecule has 2 heterocycles. The first kappa shape index (κ1) is 13.0. The van der Waals surface area contributed by atoms with Gasteiger partial charge >= 0.3 is 0 Å². The molecule has 0 radical (unpaired) electrons. The summed E-state index contributed by atoms with van der Waals surface area (Å²) in [6.45, 7) is 5.53. The van der Waals surface area contributed by atoms with Crippen LogP contribution in [0.2, 0.25) is 0 Å². The first-order chi connectivity index (χ1) is 8.19. The number of alkyl halides is 2. The summed E-state index contributed by atoms with van der Waals surface area (Å²) < 4.78 is 26.1. The number of carbonyl (C=O) groups excluding carboxylic acids is 1. The highest BCUT2D eigenvalue weighted by Crippen LogP contribution is 2.28. The lowest BCUT2D eigenvalue weighted by Gasteiger charge is -2.15. The minimum absolute atomic E-state index is 0.0868. The maximum Gasteiger partial charge on any atom is 0.274 e. The number of H-pyrrole nitrogens is 1. The molecule has 1 aliphatic rings. The Morgan fingerprint density at radius 3 is 2.61 bits per heavy atom. The quantitative estimate of drug-likeness (QED) is 0.838. The summed E-state index contributed by atoms with van der Waals surface area (Å²) in [4.78, 5) is 13.1. The Labute approximate surface area is 104 Å². The zero-order valence-corrected chi connectivity index (χ0v) is 10.8. The summed E-state index contributed by atoms with van der Waals surface area (Å²) >= 11 is 0. The smallest absolute Gasteiger partial charge is 0.274 e. The highest BCUT2D eigenvalue weighted by molar-refractivity contribution is 5.92. The van der Waals surface area contributed by atoms with Crippen LogP contribution >= 0.6 is 0 Å². The van der Waals surface area contributed by atoms with Gasteiger partial charge in [0.05, 0.1) is 6.54 Å². The van der Waals surface area contributed by atoms with Gasteiger partial charge in [0, 0.05) is 24.1 Å². The zero-order chi connectivity index (χ0) is 13.6. The van der Waals surface area contributed by atoms with Gasteiger partial charge in [-0.3, -0.25) is 9.89 Å². The second kappa shape index (κ2) is 4.03. The predicted octanol–water partition coefficient (Wildman–Crippen LogP) is 2.19. The molecule has 1 aromatic rings. The second-order valence-corrected chi connectivity index (χ2v) is 5.75. The molecule has 1 fully saturated rings. The van der Waals surface area contributed by atoms with E-state index in [4.69, 9.17) is 0 Å². The van der Waals surface area contributed by atoms with E-state index in [1.165, 1.54) is 0 Å². The highest BCUT2D eigenvalue weighted by atomic mass is 19.3.